The quantitative estimate of drug-likeness (QED) is 0.813. The number of carbonyl (C=O) groups excluding carboxylic acids is 1. The van der Waals surface area contributed by atoms with E-state index in [1.807, 2.05) is 18.7 Å². The van der Waals surface area contributed by atoms with Crippen molar-refractivity contribution in [3.8, 4) is 0 Å². The van der Waals surface area contributed by atoms with Crippen LogP contribution in [0.3, 0.4) is 0 Å². The van der Waals surface area contributed by atoms with Gasteiger partial charge >= 0.3 is 0 Å². The van der Waals surface area contributed by atoms with Crippen molar-refractivity contribution < 1.29 is 9.53 Å². The van der Waals surface area contributed by atoms with Crippen molar-refractivity contribution in [2.75, 3.05) is 46.4 Å². The number of hydrogen-bond donors (Lipinski definition) is 1. The van der Waals surface area contributed by atoms with Crippen LogP contribution in [-0.2, 0) is 16.1 Å². The molecule has 1 atom stereocenters. The predicted octanol–water partition coefficient (Wildman–Crippen LogP) is 1.10. The van der Waals surface area contributed by atoms with Gasteiger partial charge in [0.25, 0.3) is 0 Å². The molecule has 1 unspecified atom stereocenters. The molecular formula is C15H26N4O2S. The lowest BCUT2D eigenvalue weighted by Gasteiger charge is -2.34. The topological polar surface area (TPSA) is 57.7 Å². The van der Waals surface area contributed by atoms with Crippen LogP contribution in [0.5, 0.6) is 0 Å². The van der Waals surface area contributed by atoms with E-state index >= 15 is 0 Å². The Balaban J connectivity index is 1.80. The van der Waals surface area contributed by atoms with E-state index in [1.165, 1.54) is 0 Å². The number of carbonyl (C=O) groups is 1. The number of likely N-dealkylation sites (N-methyl/N-ethyl adjacent to an activating group) is 1. The number of nitrogens with zero attached hydrogens (tertiary/aromatic N) is 3. The Bertz CT molecular complexity index is 472. The molecule has 1 amide bonds. The summed E-state index contributed by atoms with van der Waals surface area (Å²) >= 11 is 1.66. The highest BCUT2D eigenvalue weighted by Crippen LogP contribution is 2.22. The number of aromatic nitrogens is 1. The van der Waals surface area contributed by atoms with Gasteiger partial charge in [-0.2, -0.15) is 0 Å². The first-order valence-corrected chi connectivity index (χ1v) is 8.72. The lowest BCUT2D eigenvalue weighted by molar-refractivity contribution is -0.131. The molecule has 0 aliphatic carbocycles. The zero-order chi connectivity index (χ0) is 15.9. The fourth-order valence-corrected chi connectivity index (χ4v) is 3.36. The molecular weight excluding hydrogens is 300 g/mol. The summed E-state index contributed by atoms with van der Waals surface area (Å²) in [6.07, 6.45) is 0.0692. The van der Waals surface area contributed by atoms with Crippen molar-refractivity contribution in [1.29, 1.82) is 0 Å². The minimum atomic E-state index is 0.0692. The van der Waals surface area contributed by atoms with Crippen LogP contribution in [0.2, 0.25) is 0 Å². The summed E-state index contributed by atoms with van der Waals surface area (Å²) < 4.78 is 5.58. The second-order valence-corrected chi connectivity index (χ2v) is 6.35. The van der Waals surface area contributed by atoms with Crippen molar-refractivity contribution in [3.05, 3.63) is 16.1 Å². The third-order valence-electron chi connectivity index (χ3n) is 3.77. The van der Waals surface area contributed by atoms with E-state index in [4.69, 9.17) is 4.74 Å². The van der Waals surface area contributed by atoms with E-state index in [-0.39, 0.29) is 12.0 Å². The molecule has 1 fully saturated rings. The summed E-state index contributed by atoms with van der Waals surface area (Å²) in [5.41, 5.74) is 1.10. The van der Waals surface area contributed by atoms with Gasteiger partial charge < -0.3 is 15.0 Å². The van der Waals surface area contributed by atoms with Crippen molar-refractivity contribution in [2.24, 2.45) is 0 Å². The van der Waals surface area contributed by atoms with Crippen LogP contribution in [0.25, 0.3) is 0 Å². The van der Waals surface area contributed by atoms with Gasteiger partial charge in [0.2, 0.25) is 5.91 Å². The van der Waals surface area contributed by atoms with E-state index in [0.717, 1.165) is 43.4 Å². The van der Waals surface area contributed by atoms with Crippen molar-refractivity contribution in [2.45, 2.75) is 26.5 Å². The molecule has 1 N–H and O–H groups in total. The number of amides is 1. The molecule has 6 nitrogen and oxygen atoms in total. The fourth-order valence-electron chi connectivity index (χ4n) is 2.55. The van der Waals surface area contributed by atoms with Gasteiger partial charge in [-0.25, -0.2) is 4.98 Å². The maximum absolute atomic E-state index is 11.8. The third kappa shape index (κ3) is 4.74. The summed E-state index contributed by atoms with van der Waals surface area (Å²) in [4.78, 5) is 20.8. The second-order valence-electron chi connectivity index (χ2n) is 5.46. The Morgan fingerprint density at radius 3 is 2.82 bits per heavy atom. The lowest BCUT2D eigenvalue weighted by Crippen LogP contribution is -2.50. The number of thiazole rings is 1. The SMILES string of the molecule is CCOC(C)c1nc(CN2CCN(C(=O)CNC)CC2)cs1. The molecule has 0 radical (unpaired) electrons. The first-order valence-electron chi connectivity index (χ1n) is 7.84. The van der Waals surface area contributed by atoms with Crippen LogP contribution < -0.4 is 5.32 Å². The highest BCUT2D eigenvalue weighted by molar-refractivity contribution is 7.09. The molecule has 7 heteroatoms. The summed E-state index contributed by atoms with van der Waals surface area (Å²) in [7, 11) is 1.80. The molecule has 2 heterocycles. The number of rotatable bonds is 7. The number of hydrogen-bond acceptors (Lipinski definition) is 6. The van der Waals surface area contributed by atoms with E-state index in [9.17, 15) is 4.79 Å². The average molecular weight is 326 g/mol. The molecule has 0 aromatic carbocycles. The summed E-state index contributed by atoms with van der Waals surface area (Å²) in [6, 6.07) is 0. The van der Waals surface area contributed by atoms with Gasteiger partial charge in [-0.05, 0) is 20.9 Å². The Hall–Kier alpha value is -1.02. The maximum atomic E-state index is 11.8. The fraction of sp³-hybridized carbons (Fsp3) is 0.733. The monoisotopic (exact) mass is 326 g/mol. The molecule has 1 aromatic rings. The first-order chi connectivity index (χ1) is 10.6. The largest absolute Gasteiger partial charge is 0.372 e. The normalized spacial score (nSPS) is 17.7. The van der Waals surface area contributed by atoms with Gasteiger partial charge in [0.05, 0.1) is 12.2 Å². The molecule has 0 spiro atoms. The molecule has 1 aromatic heterocycles. The highest BCUT2D eigenvalue weighted by Gasteiger charge is 2.21. The Morgan fingerprint density at radius 2 is 2.18 bits per heavy atom. The van der Waals surface area contributed by atoms with E-state index in [2.05, 4.69) is 20.6 Å². The average Bonchev–Trinajstić information content (AvgIpc) is 2.97. The van der Waals surface area contributed by atoms with Crippen molar-refractivity contribution in [1.82, 2.24) is 20.1 Å². The number of nitrogens with one attached hydrogen (secondary N) is 1. The summed E-state index contributed by atoms with van der Waals surface area (Å²) in [5.74, 6) is 0.184. The third-order valence-corrected chi connectivity index (χ3v) is 4.83. The zero-order valence-corrected chi connectivity index (χ0v) is 14.5. The van der Waals surface area contributed by atoms with Crippen LogP contribution in [0.15, 0.2) is 5.38 Å². The molecule has 124 valence electrons. The predicted molar refractivity (Wildman–Crippen MR) is 87.9 cm³/mol. The Morgan fingerprint density at radius 1 is 1.45 bits per heavy atom. The molecule has 1 saturated heterocycles. The molecule has 1 aliphatic heterocycles. The van der Waals surface area contributed by atoms with Gasteiger partial charge in [-0.3, -0.25) is 9.69 Å². The number of piperazine rings is 1. The minimum absolute atomic E-state index is 0.0692. The van der Waals surface area contributed by atoms with Gasteiger partial charge in [0, 0.05) is 44.7 Å². The van der Waals surface area contributed by atoms with Crippen LogP contribution in [0.1, 0.15) is 30.7 Å². The molecule has 0 bridgehead atoms. The van der Waals surface area contributed by atoms with E-state index < -0.39 is 0 Å². The van der Waals surface area contributed by atoms with Gasteiger partial charge in [-0.1, -0.05) is 0 Å². The van der Waals surface area contributed by atoms with Crippen LogP contribution in [0.4, 0.5) is 0 Å². The smallest absolute Gasteiger partial charge is 0.236 e. The molecule has 0 saturated carbocycles. The molecule has 1 aliphatic rings. The lowest BCUT2D eigenvalue weighted by atomic mass is 10.3. The van der Waals surface area contributed by atoms with Crippen molar-refractivity contribution >= 4 is 17.2 Å². The van der Waals surface area contributed by atoms with Crippen LogP contribution in [-0.4, -0.2) is 67.1 Å². The zero-order valence-electron chi connectivity index (χ0n) is 13.7. The first kappa shape index (κ1) is 17.3. The Kier molecular flexibility index (Phi) is 6.75. The maximum Gasteiger partial charge on any atom is 0.236 e. The summed E-state index contributed by atoms with van der Waals surface area (Å²) in [5, 5.41) is 6.07. The Labute approximate surface area is 136 Å². The highest BCUT2D eigenvalue weighted by atomic mass is 32.1. The molecule has 2 rings (SSSR count). The number of ether oxygens (including phenoxy) is 1. The minimum Gasteiger partial charge on any atom is -0.372 e. The molecule has 22 heavy (non-hydrogen) atoms. The van der Waals surface area contributed by atoms with Gasteiger partial charge in [-0.15, -0.1) is 11.3 Å². The standard InChI is InChI=1S/C15H26N4O2S/c1-4-21-12(2)15-17-13(11-22-15)10-18-5-7-19(8-6-18)14(20)9-16-3/h11-12,16H,4-10H2,1-3H3. The summed E-state index contributed by atoms with van der Waals surface area (Å²) in [6.45, 7) is 9.43. The van der Waals surface area contributed by atoms with Gasteiger partial charge in [0.1, 0.15) is 11.1 Å². The van der Waals surface area contributed by atoms with Crippen LogP contribution in [0, 0.1) is 0 Å². The van der Waals surface area contributed by atoms with Crippen molar-refractivity contribution in [3.63, 3.8) is 0 Å². The van der Waals surface area contributed by atoms with Gasteiger partial charge in [0.15, 0.2) is 0 Å². The van der Waals surface area contributed by atoms with E-state index in [0.29, 0.717) is 13.2 Å². The van der Waals surface area contributed by atoms with E-state index in [1.54, 1.807) is 18.4 Å². The van der Waals surface area contributed by atoms with Crippen LogP contribution >= 0.6 is 11.3 Å². The second kappa shape index (κ2) is 8.57.